The minimum absolute atomic E-state index is 0.0504. The number of hydrogen-bond acceptors (Lipinski definition) is 4. The van der Waals surface area contributed by atoms with Gasteiger partial charge in [-0.3, -0.25) is 4.79 Å². The molecule has 5 rings (SSSR count). The van der Waals surface area contributed by atoms with E-state index in [-0.39, 0.29) is 12.3 Å². The van der Waals surface area contributed by atoms with Crippen LogP contribution in [-0.2, 0) is 24.1 Å². The number of aryl methyl sites for hydroxylation is 2. The van der Waals surface area contributed by atoms with Crippen molar-refractivity contribution in [3.8, 4) is 28.3 Å². The SMILES string of the molecule is CCc1ccc(-c2c(OCCc3nc(-c4ccccc4)oc3C)ccc3c2CCC3CC(=O)O)cc1. The summed E-state index contributed by atoms with van der Waals surface area (Å²) in [5, 5.41) is 9.38. The van der Waals surface area contributed by atoms with Gasteiger partial charge in [0.15, 0.2) is 0 Å². The smallest absolute Gasteiger partial charge is 0.303 e. The zero-order valence-electron chi connectivity index (χ0n) is 20.8. The van der Waals surface area contributed by atoms with Crippen LogP contribution in [0.15, 0.2) is 71.1 Å². The Labute approximate surface area is 211 Å². The lowest BCUT2D eigenvalue weighted by Gasteiger charge is -2.17. The molecule has 0 saturated heterocycles. The molecule has 1 unspecified atom stereocenters. The average Bonchev–Trinajstić information content (AvgIpc) is 3.47. The monoisotopic (exact) mass is 481 g/mol. The minimum Gasteiger partial charge on any atom is -0.493 e. The van der Waals surface area contributed by atoms with E-state index >= 15 is 0 Å². The highest BCUT2D eigenvalue weighted by Gasteiger charge is 2.29. The van der Waals surface area contributed by atoms with Gasteiger partial charge < -0.3 is 14.3 Å². The van der Waals surface area contributed by atoms with Gasteiger partial charge in [0.25, 0.3) is 0 Å². The molecule has 0 bridgehead atoms. The fourth-order valence-electron chi connectivity index (χ4n) is 5.16. The molecule has 184 valence electrons. The van der Waals surface area contributed by atoms with E-state index in [0.29, 0.717) is 18.9 Å². The normalized spacial score (nSPS) is 14.6. The molecule has 0 spiro atoms. The molecule has 36 heavy (non-hydrogen) atoms. The summed E-state index contributed by atoms with van der Waals surface area (Å²) < 4.78 is 12.3. The molecule has 0 aliphatic heterocycles. The van der Waals surface area contributed by atoms with Crippen LogP contribution < -0.4 is 4.74 Å². The molecule has 0 saturated carbocycles. The van der Waals surface area contributed by atoms with E-state index in [1.807, 2.05) is 43.3 Å². The van der Waals surface area contributed by atoms with Crippen molar-refractivity contribution in [3.63, 3.8) is 0 Å². The van der Waals surface area contributed by atoms with Gasteiger partial charge in [-0.25, -0.2) is 4.98 Å². The van der Waals surface area contributed by atoms with Gasteiger partial charge in [-0.15, -0.1) is 0 Å². The second-order valence-electron chi connectivity index (χ2n) is 9.38. The summed E-state index contributed by atoms with van der Waals surface area (Å²) in [4.78, 5) is 16.1. The van der Waals surface area contributed by atoms with Gasteiger partial charge in [0.05, 0.1) is 18.7 Å². The van der Waals surface area contributed by atoms with Crippen LogP contribution in [0.1, 0.15) is 53.8 Å². The number of aromatic nitrogens is 1. The summed E-state index contributed by atoms with van der Waals surface area (Å²) in [7, 11) is 0. The van der Waals surface area contributed by atoms with Crippen molar-refractivity contribution in [1.82, 2.24) is 4.98 Å². The van der Waals surface area contributed by atoms with Crippen molar-refractivity contribution >= 4 is 5.97 Å². The van der Waals surface area contributed by atoms with Gasteiger partial charge in [0.1, 0.15) is 11.5 Å². The number of aliphatic carboxylic acids is 1. The number of fused-ring (bicyclic) bond motifs is 1. The van der Waals surface area contributed by atoms with Gasteiger partial charge in [-0.05, 0) is 72.6 Å². The Morgan fingerprint density at radius 3 is 2.56 bits per heavy atom. The lowest BCUT2D eigenvalue weighted by Crippen LogP contribution is -2.06. The third-order valence-corrected chi connectivity index (χ3v) is 7.08. The Morgan fingerprint density at radius 1 is 1.06 bits per heavy atom. The quantitative estimate of drug-likeness (QED) is 0.278. The number of benzene rings is 3. The molecule has 1 aromatic heterocycles. The van der Waals surface area contributed by atoms with Crippen LogP contribution in [-0.4, -0.2) is 22.7 Å². The summed E-state index contributed by atoms with van der Waals surface area (Å²) in [5.41, 5.74) is 7.69. The fraction of sp³-hybridized carbons (Fsp3) is 0.290. The minimum atomic E-state index is -0.750. The number of hydrogen-bond donors (Lipinski definition) is 1. The van der Waals surface area contributed by atoms with Gasteiger partial charge >= 0.3 is 5.97 Å². The molecule has 1 atom stereocenters. The highest BCUT2D eigenvalue weighted by Crippen LogP contribution is 2.45. The number of carboxylic acids is 1. The van der Waals surface area contributed by atoms with E-state index in [1.54, 1.807) is 0 Å². The van der Waals surface area contributed by atoms with Gasteiger partial charge in [-0.1, -0.05) is 55.5 Å². The standard InChI is InChI=1S/C31H31NO4/c1-3-21-9-11-22(12-10-21)30-26-14-13-24(19-29(33)34)25(26)15-16-28(30)35-18-17-27-20(2)36-31(32-27)23-7-5-4-6-8-23/h4-12,15-16,24H,3,13-14,17-19H2,1-2H3,(H,33,34). The topological polar surface area (TPSA) is 72.6 Å². The number of carbonyl (C=O) groups is 1. The van der Waals surface area contributed by atoms with E-state index in [4.69, 9.17) is 14.1 Å². The van der Waals surface area contributed by atoms with Gasteiger partial charge in [0, 0.05) is 17.5 Å². The highest BCUT2D eigenvalue weighted by atomic mass is 16.5. The molecule has 5 heteroatoms. The average molecular weight is 482 g/mol. The highest BCUT2D eigenvalue weighted by molar-refractivity contribution is 5.77. The lowest BCUT2D eigenvalue weighted by atomic mass is 9.92. The van der Waals surface area contributed by atoms with E-state index in [9.17, 15) is 9.90 Å². The predicted molar refractivity (Wildman–Crippen MR) is 140 cm³/mol. The Bertz CT molecular complexity index is 1360. The number of rotatable bonds is 9. The maximum atomic E-state index is 11.4. The maximum absolute atomic E-state index is 11.4. The fourth-order valence-corrected chi connectivity index (χ4v) is 5.16. The van der Waals surface area contributed by atoms with Crippen molar-refractivity contribution in [2.45, 2.75) is 51.9 Å². The Balaban J connectivity index is 1.40. The van der Waals surface area contributed by atoms with Crippen LogP contribution >= 0.6 is 0 Å². The van der Waals surface area contributed by atoms with Crippen LogP contribution in [0.3, 0.4) is 0 Å². The number of ether oxygens (including phenoxy) is 1. The second kappa shape index (κ2) is 10.4. The van der Waals surface area contributed by atoms with Crippen LogP contribution in [0.2, 0.25) is 0 Å². The molecule has 1 N–H and O–H groups in total. The molecule has 3 aromatic carbocycles. The number of nitrogens with zero attached hydrogens (tertiary/aromatic N) is 1. The molecule has 0 fully saturated rings. The van der Waals surface area contributed by atoms with Crippen LogP contribution in [0, 0.1) is 6.92 Å². The molecular formula is C31H31NO4. The van der Waals surface area contributed by atoms with Crippen molar-refractivity contribution < 1.29 is 19.1 Å². The molecule has 1 aliphatic rings. The van der Waals surface area contributed by atoms with Crippen LogP contribution in [0.4, 0.5) is 0 Å². The maximum Gasteiger partial charge on any atom is 0.303 e. The first-order valence-corrected chi connectivity index (χ1v) is 12.6. The Morgan fingerprint density at radius 2 is 1.83 bits per heavy atom. The third-order valence-electron chi connectivity index (χ3n) is 7.08. The summed E-state index contributed by atoms with van der Waals surface area (Å²) >= 11 is 0. The van der Waals surface area contributed by atoms with E-state index < -0.39 is 5.97 Å². The largest absolute Gasteiger partial charge is 0.493 e. The van der Waals surface area contributed by atoms with Crippen molar-refractivity contribution in [3.05, 3.63) is 94.9 Å². The molecular weight excluding hydrogens is 450 g/mol. The number of carboxylic acid groups (broad SMARTS) is 1. The van der Waals surface area contributed by atoms with Crippen molar-refractivity contribution in [2.75, 3.05) is 6.61 Å². The Kier molecular flexibility index (Phi) is 6.90. The zero-order chi connectivity index (χ0) is 25.1. The van der Waals surface area contributed by atoms with Gasteiger partial charge in [0.2, 0.25) is 5.89 Å². The third kappa shape index (κ3) is 4.92. The zero-order valence-corrected chi connectivity index (χ0v) is 20.8. The number of oxazole rings is 1. The Hall–Kier alpha value is -3.86. The molecule has 0 radical (unpaired) electrons. The molecule has 0 amide bonds. The summed E-state index contributed by atoms with van der Waals surface area (Å²) in [6.45, 7) is 4.56. The summed E-state index contributed by atoms with van der Waals surface area (Å²) in [5.74, 6) is 1.56. The van der Waals surface area contributed by atoms with E-state index in [2.05, 4.69) is 37.3 Å². The van der Waals surface area contributed by atoms with Crippen LogP contribution in [0.25, 0.3) is 22.6 Å². The predicted octanol–water partition coefficient (Wildman–Crippen LogP) is 7.01. The molecule has 1 aliphatic carbocycles. The first-order valence-electron chi connectivity index (χ1n) is 12.6. The summed E-state index contributed by atoms with van der Waals surface area (Å²) in [6.07, 6.45) is 3.49. The van der Waals surface area contributed by atoms with Gasteiger partial charge in [-0.2, -0.15) is 0 Å². The van der Waals surface area contributed by atoms with E-state index in [1.165, 1.54) is 11.1 Å². The van der Waals surface area contributed by atoms with E-state index in [0.717, 1.165) is 58.7 Å². The van der Waals surface area contributed by atoms with Crippen LogP contribution in [0.5, 0.6) is 5.75 Å². The molecule has 5 nitrogen and oxygen atoms in total. The lowest BCUT2D eigenvalue weighted by molar-refractivity contribution is -0.137. The molecule has 4 aromatic rings. The summed E-state index contributed by atoms with van der Waals surface area (Å²) in [6, 6.07) is 22.6. The molecule has 1 heterocycles. The first kappa shape index (κ1) is 23.9. The van der Waals surface area contributed by atoms with Crippen molar-refractivity contribution in [2.24, 2.45) is 0 Å². The second-order valence-corrected chi connectivity index (χ2v) is 9.38. The first-order chi connectivity index (χ1) is 17.5. The van der Waals surface area contributed by atoms with Crippen molar-refractivity contribution in [1.29, 1.82) is 0 Å².